The highest BCUT2D eigenvalue weighted by atomic mass is 32.2. The summed E-state index contributed by atoms with van der Waals surface area (Å²) in [7, 11) is 0. The molecule has 1 saturated heterocycles. The third-order valence-electron chi connectivity index (χ3n) is 2.45. The van der Waals surface area contributed by atoms with Crippen LogP contribution < -0.4 is 10.6 Å². The number of amides is 1. The van der Waals surface area contributed by atoms with E-state index in [0.717, 1.165) is 0 Å². The van der Waals surface area contributed by atoms with Crippen LogP contribution in [-0.2, 0) is 23.7 Å². The van der Waals surface area contributed by atoms with Crippen molar-refractivity contribution in [2.75, 3.05) is 45.5 Å². The summed E-state index contributed by atoms with van der Waals surface area (Å²) in [4.78, 5) is 22.3. The molecule has 0 aromatic heterocycles. The SMILES string of the molecule is C=CC(=O)NCCNC(=S)SCCOC(=O)OC1COCOC1. The lowest BCUT2D eigenvalue weighted by molar-refractivity contribution is -0.157. The van der Waals surface area contributed by atoms with Crippen molar-refractivity contribution in [3.05, 3.63) is 12.7 Å². The van der Waals surface area contributed by atoms with Gasteiger partial charge >= 0.3 is 6.16 Å². The molecule has 0 radical (unpaired) electrons. The highest BCUT2D eigenvalue weighted by molar-refractivity contribution is 8.22. The lowest BCUT2D eigenvalue weighted by Gasteiger charge is -2.21. The number of rotatable bonds is 8. The van der Waals surface area contributed by atoms with Crippen LogP contribution in [0.3, 0.4) is 0 Å². The molecule has 0 aliphatic carbocycles. The molecule has 1 amide bonds. The summed E-state index contributed by atoms with van der Waals surface area (Å²) in [5, 5.41) is 5.57. The Kier molecular flexibility index (Phi) is 10.4. The Morgan fingerprint density at radius 2 is 2.00 bits per heavy atom. The first-order chi connectivity index (χ1) is 11.1. The summed E-state index contributed by atoms with van der Waals surface area (Å²) < 4.78 is 20.5. The minimum absolute atomic E-state index is 0.174. The summed E-state index contributed by atoms with van der Waals surface area (Å²) in [6, 6.07) is 0. The second-order valence-electron chi connectivity index (χ2n) is 4.26. The Bertz CT molecular complexity index is 415. The fourth-order valence-corrected chi connectivity index (χ4v) is 2.35. The molecule has 10 heteroatoms. The van der Waals surface area contributed by atoms with Gasteiger partial charge in [-0.25, -0.2) is 4.79 Å². The molecule has 1 aliphatic rings. The second-order valence-corrected chi connectivity index (χ2v) is 6.03. The van der Waals surface area contributed by atoms with Crippen molar-refractivity contribution in [1.82, 2.24) is 10.6 Å². The first kappa shape index (κ1) is 19.7. The van der Waals surface area contributed by atoms with E-state index >= 15 is 0 Å². The van der Waals surface area contributed by atoms with Crippen molar-refractivity contribution < 1.29 is 28.5 Å². The Morgan fingerprint density at radius 3 is 2.70 bits per heavy atom. The monoisotopic (exact) mass is 364 g/mol. The number of carbonyl (C=O) groups excluding carboxylic acids is 2. The molecule has 0 bridgehead atoms. The Hall–Kier alpha value is -1.36. The minimum atomic E-state index is -0.754. The second kappa shape index (κ2) is 12.1. The van der Waals surface area contributed by atoms with Crippen LogP contribution in [0.15, 0.2) is 12.7 Å². The number of hydrogen-bond donors (Lipinski definition) is 2. The van der Waals surface area contributed by atoms with Crippen LogP contribution in [0.2, 0.25) is 0 Å². The van der Waals surface area contributed by atoms with E-state index in [0.29, 0.717) is 36.4 Å². The third kappa shape index (κ3) is 10.1. The van der Waals surface area contributed by atoms with Crippen molar-refractivity contribution in [3.8, 4) is 0 Å². The van der Waals surface area contributed by atoms with Crippen LogP contribution in [0.4, 0.5) is 4.79 Å². The Balaban J connectivity index is 1.96. The lowest BCUT2D eigenvalue weighted by Crippen LogP contribution is -2.34. The normalized spacial score (nSPS) is 14.6. The van der Waals surface area contributed by atoms with E-state index in [9.17, 15) is 9.59 Å². The van der Waals surface area contributed by atoms with E-state index in [-0.39, 0.29) is 19.3 Å². The van der Waals surface area contributed by atoms with E-state index in [1.807, 2.05) is 0 Å². The lowest BCUT2D eigenvalue weighted by atomic mass is 10.4. The summed E-state index contributed by atoms with van der Waals surface area (Å²) in [5.41, 5.74) is 0. The van der Waals surface area contributed by atoms with Crippen LogP contribution in [0.5, 0.6) is 0 Å². The first-order valence-electron chi connectivity index (χ1n) is 6.91. The quantitative estimate of drug-likeness (QED) is 0.275. The van der Waals surface area contributed by atoms with Crippen LogP contribution in [0.25, 0.3) is 0 Å². The van der Waals surface area contributed by atoms with E-state index in [4.69, 9.17) is 31.2 Å². The van der Waals surface area contributed by atoms with Gasteiger partial charge < -0.3 is 29.6 Å². The van der Waals surface area contributed by atoms with Crippen LogP contribution in [0.1, 0.15) is 0 Å². The van der Waals surface area contributed by atoms with Gasteiger partial charge in [0.05, 0.1) is 13.2 Å². The maximum Gasteiger partial charge on any atom is 0.508 e. The van der Waals surface area contributed by atoms with Gasteiger partial charge in [-0.3, -0.25) is 4.79 Å². The van der Waals surface area contributed by atoms with Crippen molar-refractivity contribution in [1.29, 1.82) is 0 Å². The minimum Gasteiger partial charge on any atom is -0.433 e. The summed E-state index contributed by atoms with van der Waals surface area (Å²) in [6.07, 6.45) is 0.0165. The highest BCUT2D eigenvalue weighted by Gasteiger charge is 2.19. The molecule has 1 heterocycles. The standard InChI is InChI=1S/C13H20N2O6S2/c1-2-11(16)14-3-4-15-12(22)23-6-5-20-13(17)21-10-7-18-9-19-8-10/h2,10H,1,3-9H2,(H,14,16)(H,15,22). The molecule has 130 valence electrons. The van der Waals surface area contributed by atoms with Gasteiger partial charge in [-0.2, -0.15) is 0 Å². The Morgan fingerprint density at radius 1 is 1.30 bits per heavy atom. The van der Waals surface area contributed by atoms with E-state index in [1.165, 1.54) is 17.8 Å². The van der Waals surface area contributed by atoms with Gasteiger partial charge in [0.1, 0.15) is 17.7 Å². The zero-order valence-electron chi connectivity index (χ0n) is 12.6. The number of carbonyl (C=O) groups is 2. The molecule has 0 unspecified atom stereocenters. The molecule has 0 atom stereocenters. The predicted octanol–water partition coefficient (Wildman–Crippen LogP) is 0.422. The fourth-order valence-electron chi connectivity index (χ4n) is 1.44. The van der Waals surface area contributed by atoms with Gasteiger partial charge in [-0.15, -0.1) is 0 Å². The topological polar surface area (TPSA) is 95.1 Å². The van der Waals surface area contributed by atoms with Gasteiger partial charge in [-0.1, -0.05) is 30.6 Å². The molecule has 2 N–H and O–H groups in total. The van der Waals surface area contributed by atoms with Crippen LogP contribution in [-0.4, -0.2) is 67.9 Å². The molecule has 1 aliphatic heterocycles. The Labute approximate surface area is 144 Å². The average molecular weight is 364 g/mol. The maximum absolute atomic E-state index is 11.4. The van der Waals surface area contributed by atoms with E-state index in [1.54, 1.807) is 0 Å². The van der Waals surface area contributed by atoms with E-state index < -0.39 is 12.3 Å². The smallest absolute Gasteiger partial charge is 0.433 e. The molecule has 23 heavy (non-hydrogen) atoms. The predicted molar refractivity (Wildman–Crippen MR) is 89.3 cm³/mol. The zero-order chi connectivity index (χ0) is 16.9. The number of hydrogen-bond acceptors (Lipinski definition) is 8. The molecule has 0 saturated carbocycles. The number of thioether (sulfide) groups is 1. The van der Waals surface area contributed by atoms with Crippen molar-refractivity contribution in [2.24, 2.45) is 0 Å². The summed E-state index contributed by atoms with van der Waals surface area (Å²) in [5.74, 6) is 0.267. The van der Waals surface area contributed by atoms with Gasteiger partial charge in [0.15, 0.2) is 6.10 Å². The number of ether oxygens (including phenoxy) is 4. The molecule has 1 fully saturated rings. The maximum atomic E-state index is 11.4. The molecule has 1 rings (SSSR count). The molecule has 8 nitrogen and oxygen atoms in total. The summed E-state index contributed by atoms with van der Waals surface area (Å²) >= 11 is 6.42. The van der Waals surface area contributed by atoms with Crippen LogP contribution >= 0.6 is 24.0 Å². The largest absolute Gasteiger partial charge is 0.508 e. The van der Waals surface area contributed by atoms with E-state index in [2.05, 4.69) is 17.2 Å². The van der Waals surface area contributed by atoms with Crippen molar-refractivity contribution in [3.63, 3.8) is 0 Å². The molecule has 0 aromatic carbocycles. The van der Waals surface area contributed by atoms with Crippen molar-refractivity contribution >= 4 is 40.4 Å². The fraction of sp³-hybridized carbons (Fsp3) is 0.615. The molecule has 0 spiro atoms. The number of nitrogens with one attached hydrogen (secondary N) is 2. The van der Waals surface area contributed by atoms with Crippen LogP contribution in [0, 0.1) is 0 Å². The number of thiocarbonyl (C=S) groups is 1. The zero-order valence-corrected chi connectivity index (χ0v) is 14.2. The molecular formula is C13H20N2O6S2. The van der Waals surface area contributed by atoms with Gasteiger partial charge in [-0.05, 0) is 6.08 Å². The van der Waals surface area contributed by atoms with Gasteiger partial charge in [0.2, 0.25) is 5.91 Å². The first-order valence-corrected chi connectivity index (χ1v) is 8.31. The highest BCUT2D eigenvalue weighted by Crippen LogP contribution is 2.05. The van der Waals surface area contributed by atoms with Gasteiger partial charge in [0, 0.05) is 18.8 Å². The molecular weight excluding hydrogens is 344 g/mol. The van der Waals surface area contributed by atoms with Crippen molar-refractivity contribution in [2.45, 2.75) is 6.10 Å². The average Bonchev–Trinajstić information content (AvgIpc) is 2.56. The third-order valence-corrected chi connectivity index (χ3v) is 3.73. The molecule has 0 aromatic rings. The summed E-state index contributed by atoms with van der Waals surface area (Å²) in [6.45, 7) is 5.30. The van der Waals surface area contributed by atoms with Gasteiger partial charge in [0.25, 0.3) is 0 Å².